The first-order chi connectivity index (χ1) is 9.43. The molecule has 1 aromatic carbocycles. The summed E-state index contributed by atoms with van der Waals surface area (Å²) in [5, 5.41) is 3.30. The number of rotatable bonds is 4. The Balaban J connectivity index is 2.49. The molecule has 0 aliphatic carbocycles. The zero-order valence-electron chi connectivity index (χ0n) is 11.0. The molecule has 0 unspecified atom stereocenters. The normalized spacial score (nSPS) is 11.6. The molecular weight excluding hydrogens is 305 g/mol. The van der Waals surface area contributed by atoms with E-state index in [9.17, 15) is 9.18 Å². The van der Waals surface area contributed by atoms with E-state index in [1.165, 1.54) is 12.1 Å². The fraction of sp³-hybridized carbons (Fsp3) is 0.333. The summed E-state index contributed by atoms with van der Waals surface area (Å²) in [6, 6.07) is 3.76. The van der Waals surface area contributed by atoms with Gasteiger partial charge in [-0.15, -0.1) is 0 Å². The molecule has 1 rings (SSSR count). The van der Waals surface area contributed by atoms with Gasteiger partial charge in [-0.25, -0.2) is 4.39 Å². The Morgan fingerprint density at radius 3 is 2.80 bits per heavy atom. The van der Waals surface area contributed by atoms with E-state index in [2.05, 4.69) is 16.2 Å². The Kier molecular flexibility index (Phi) is 6.63. The average Bonchev–Trinajstić information content (AvgIpc) is 2.36. The van der Waals surface area contributed by atoms with E-state index in [0.717, 1.165) is 6.07 Å². The van der Waals surface area contributed by atoms with Gasteiger partial charge >= 0.3 is 0 Å². The molecule has 0 aliphatic heterocycles. The number of amides is 1. The number of hydrazine groups is 1. The Morgan fingerprint density at radius 1 is 1.50 bits per heavy atom. The van der Waals surface area contributed by atoms with Crippen LogP contribution in [0.4, 0.5) is 4.39 Å². The van der Waals surface area contributed by atoms with Gasteiger partial charge in [-0.2, -0.15) is 0 Å². The summed E-state index contributed by atoms with van der Waals surface area (Å²) in [7, 11) is 1.57. The molecule has 0 spiro atoms. The third kappa shape index (κ3) is 5.28. The number of thiocarbonyl (C=S) groups is 1. The third-order valence-corrected chi connectivity index (χ3v) is 2.71. The molecule has 0 fully saturated rings. The van der Waals surface area contributed by atoms with Crippen LogP contribution in [-0.2, 0) is 4.74 Å². The minimum absolute atomic E-state index is 0.0239. The molecule has 110 valence electrons. The van der Waals surface area contributed by atoms with Crippen molar-refractivity contribution in [1.82, 2.24) is 16.2 Å². The van der Waals surface area contributed by atoms with Crippen molar-refractivity contribution in [3.63, 3.8) is 0 Å². The maximum Gasteiger partial charge on any atom is 0.272 e. The van der Waals surface area contributed by atoms with Crippen molar-refractivity contribution in [2.45, 2.75) is 13.0 Å². The quantitative estimate of drug-likeness (QED) is 0.581. The summed E-state index contributed by atoms with van der Waals surface area (Å²) in [6.07, 6.45) is 0. The van der Waals surface area contributed by atoms with Gasteiger partial charge < -0.3 is 10.1 Å². The second kappa shape index (κ2) is 7.98. The standard InChI is InChI=1S/C12H15ClFN3O2S/c1-7(6-19-2)15-12(20)17-16-11(18)9-4-3-8(13)5-10(9)14/h3-5,7H,6H2,1-2H3,(H,16,18)(H2,15,17,20)/t7-/m1/s1. The van der Waals surface area contributed by atoms with Gasteiger partial charge in [-0.3, -0.25) is 15.6 Å². The van der Waals surface area contributed by atoms with E-state index in [1.54, 1.807) is 7.11 Å². The molecule has 5 nitrogen and oxygen atoms in total. The maximum atomic E-state index is 13.5. The SMILES string of the molecule is COC[C@@H](C)NC(=S)NNC(=O)c1ccc(Cl)cc1F. The Labute approximate surface area is 126 Å². The molecule has 20 heavy (non-hydrogen) atoms. The molecule has 0 bridgehead atoms. The predicted molar refractivity (Wildman–Crippen MR) is 79.1 cm³/mol. The highest BCUT2D eigenvalue weighted by Crippen LogP contribution is 2.14. The molecular formula is C12H15ClFN3O2S. The van der Waals surface area contributed by atoms with E-state index in [0.29, 0.717) is 6.61 Å². The van der Waals surface area contributed by atoms with Crippen molar-refractivity contribution in [3.05, 3.63) is 34.6 Å². The molecule has 0 saturated heterocycles. The predicted octanol–water partition coefficient (Wildman–Crippen LogP) is 1.62. The maximum absolute atomic E-state index is 13.5. The molecule has 0 aliphatic rings. The van der Waals surface area contributed by atoms with Crippen LogP contribution in [0.5, 0.6) is 0 Å². The summed E-state index contributed by atoms with van der Waals surface area (Å²) >= 11 is 10.6. The first kappa shape index (κ1) is 16.6. The average molecular weight is 320 g/mol. The van der Waals surface area contributed by atoms with Crippen molar-refractivity contribution < 1.29 is 13.9 Å². The molecule has 1 amide bonds. The zero-order valence-corrected chi connectivity index (χ0v) is 12.6. The van der Waals surface area contributed by atoms with E-state index >= 15 is 0 Å². The number of carbonyl (C=O) groups is 1. The van der Waals surface area contributed by atoms with Crippen LogP contribution in [0, 0.1) is 5.82 Å². The summed E-state index contributed by atoms with van der Waals surface area (Å²) in [6.45, 7) is 2.32. The topological polar surface area (TPSA) is 62.4 Å². The lowest BCUT2D eigenvalue weighted by molar-refractivity contribution is 0.0939. The number of halogens is 2. The van der Waals surface area contributed by atoms with Gasteiger partial charge in [0.15, 0.2) is 5.11 Å². The number of methoxy groups -OCH3 is 1. The van der Waals surface area contributed by atoms with Gasteiger partial charge in [-0.05, 0) is 37.3 Å². The zero-order chi connectivity index (χ0) is 15.1. The largest absolute Gasteiger partial charge is 0.383 e. The first-order valence-electron chi connectivity index (χ1n) is 5.75. The summed E-state index contributed by atoms with van der Waals surface area (Å²) < 4.78 is 18.4. The summed E-state index contributed by atoms with van der Waals surface area (Å²) in [4.78, 5) is 11.7. The second-order valence-corrected chi connectivity index (χ2v) is 4.88. The third-order valence-electron chi connectivity index (χ3n) is 2.26. The molecule has 0 heterocycles. The van der Waals surface area contributed by atoms with Gasteiger partial charge in [0.1, 0.15) is 5.82 Å². The smallest absolute Gasteiger partial charge is 0.272 e. The second-order valence-electron chi connectivity index (χ2n) is 4.03. The number of carbonyl (C=O) groups excluding carboxylic acids is 1. The summed E-state index contributed by atoms with van der Waals surface area (Å²) in [5.74, 6) is -1.36. The number of hydrogen-bond acceptors (Lipinski definition) is 3. The Hall–Kier alpha value is -1.44. The van der Waals surface area contributed by atoms with E-state index < -0.39 is 11.7 Å². The van der Waals surface area contributed by atoms with Gasteiger partial charge in [0.25, 0.3) is 5.91 Å². The highest BCUT2D eigenvalue weighted by Gasteiger charge is 2.12. The number of nitrogens with one attached hydrogen (secondary N) is 3. The van der Waals surface area contributed by atoms with Crippen molar-refractivity contribution in [2.75, 3.05) is 13.7 Å². The minimum atomic E-state index is -0.705. The van der Waals surface area contributed by atoms with Gasteiger partial charge in [0.05, 0.1) is 12.2 Å². The summed E-state index contributed by atoms with van der Waals surface area (Å²) in [5.41, 5.74) is 4.64. The first-order valence-corrected chi connectivity index (χ1v) is 6.53. The molecule has 0 saturated carbocycles. The van der Waals surface area contributed by atoms with Crippen LogP contribution in [0.1, 0.15) is 17.3 Å². The molecule has 0 aromatic heterocycles. The Morgan fingerprint density at radius 2 is 2.20 bits per heavy atom. The number of hydrogen-bond donors (Lipinski definition) is 3. The highest BCUT2D eigenvalue weighted by atomic mass is 35.5. The van der Waals surface area contributed by atoms with E-state index in [1.807, 2.05) is 6.92 Å². The van der Waals surface area contributed by atoms with Crippen LogP contribution >= 0.6 is 23.8 Å². The van der Waals surface area contributed by atoms with Crippen LogP contribution < -0.4 is 16.2 Å². The fourth-order valence-corrected chi connectivity index (χ4v) is 1.82. The monoisotopic (exact) mass is 319 g/mol. The highest BCUT2D eigenvalue weighted by molar-refractivity contribution is 7.80. The van der Waals surface area contributed by atoms with Gasteiger partial charge in [-0.1, -0.05) is 11.6 Å². The van der Waals surface area contributed by atoms with Crippen LogP contribution in [0.3, 0.4) is 0 Å². The van der Waals surface area contributed by atoms with Crippen LogP contribution in [0.25, 0.3) is 0 Å². The van der Waals surface area contributed by atoms with Crippen molar-refractivity contribution in [1.29, 1.82) is 0 Å². The van der Waals surface area contributed by atoms with E-state index in [-0.39, 0.29) is 21.7 Å². The van der Waals surface area contributed by atoms with E-state index in [4.69, 9.17) is 28.6 Å². The molecule has 0 radical (unpaired) electrons. The molecule has 1 atom stereocenters. The van der Waals surface area contributed by atoms with Crippen molar-refractivity contribution >= 4 is 34.8 Å². The molecule has 8 heteroatoms. The Bertz CT molecular complexity index is 502. The minimum Gasteiger partial charge on any atom is -0.383 e. The van der Waals surface area contributed by atoms with Gasteiger partial charge in [0.2, 0.25) is 0 Å². The van der Waals surface area contributed by atoms with Crippen LogP contribution in [0.2, 0.25) is 5.02 Å². The van der Waals surface area contributed by atoms with Crippen LogP contribution in [-0.4, -0.2) is 30.8 Å². The lowest BCUT2D eigenvalue weighted by atomic mass is 10.2. The van der Waals surface area contributed by atoms with Crippen molar-refractivity contribution in [3.8, 4) is 0 Å². The molecule has 3 N–H and O–H groups in total. The lowest BCUT2D eigenvalue weighted by Gasteiger charge is -2.16. The molecule has 1 aromatic rings. The lowest BCUT2D eigenvalue weighted by Crippen LogP contribution is -2.50. The number of ether oxygens (including phenoxy) is 1. The fourth-order valence-electron chi connectivity index (χ4n) is 1.41. The van der Waals surface area contributed by atoms with Crippen molar-refractivity contribution in [2.24, 2.45) is 0 Å². The van der Waals surface area contributed by atoms with Crippen LogP contribution in [0.15, 0.2) is 18.2 Å². The number of benzene rings is 1. The van der Waals surface area contributed by atoms with Gasteiger partial charge in [0, 0.05) is 18.2 Å².